The highest BCUT2D eigenvalue weighted by Gasteiger charge is 2.33. The summed E-state index contributed by atoms with van der Waals surface area (Å²) in [5, 5.41) is 2.60. The smallest absolute Gasteiger partial charge is 0.414 e. The van der Waals surface area contributed by atoms with Gasteiger partial charge in [-0.05, 0) is 30.3 Å². The van der Waals surface area contributed by atoms with Crippen LogP contribution in [0, 0.1) is 5.82 Å². The molecule has 2 aliphatic heterocycles. The van der Waals surface area contributed by atoms with Gasteiger partial charge >= 0.3 is 6.09 Å². The zero-order valence-corrected chi connectivity index (χ0v) is 18.9. The summed E-state index contributed by atoms with van der Waals surface area (Å²) in [4.78, 5) is 26.6. The molecule has 0 aliphatic carbocycles. The van der Waals surface area contributed by atoms with E-state index in [1.165, 1.54) is 22.2 Å². The Balaban J connectivity index is 1.40. The molecule has 2 saturated heterocycles. The summed E-state index contributed by atoms with van der Waals surface area (Å²) in [7, 11) is -3.59. The van der Waals surface area contributed by atoms with Gasteiger partial charge in [0.25, 0.3) is 0 Å². The van der Waals surface area contributed by atoms with E-state index >= 15 is 0 Å². The number of piperazine rings is 1. The van der Waals surface area contributed by atoms with E-state index in [-0.39, 0.29) is 37.0 Å². The van der Waals surface area contributed by atoms with Gasteiger partial charge in [0, 0.05) is 33.1 Å². The molecule has 0 radical (unpaired) electrons. The lowest BCUT2D eigenvalue weighted by Crippen LogP contribution is -2.48. The Kier molecular flexibility index (Phi) is 6.52. The van der Waals surface area contributed by atoms with Crippen LogP contribution >= 0.6 is 0 Å². The van der Waals surface area contributed by atoms with Crippen molar-refractivity contribution in [1.82, 2.24) is 9.62 Å². The van der Waals surface area contributed by atoms with Crippen molar-refractivity contribution in [2.45, 2.75) is 17.9 Å². The number of nitrogens with zero attached hydrogens (tertiary/aromatic N) is 3. The number of sulfonamides is 1. The quantitative estimate of drug-likeness (QED) is 0.683. The fourth-order valence-electron chi connectivity index (χ4n) is 3.93. The third-order valence-corrected chi connectivity index (χ3v) is 7.57. The van der Waals surface area contributed by atoms with Crippen LogP contribution in [-0.4, -0.2) is 70.1 Å². The van der Waals surface area contributed by atoms with Gasteiger partial charge in [-0.3, -0.25) is 9.69 Å². The number of halogens is 1. The van der Waals surface area contributed by atoms with E-state index in [4.69, 9.17) is 4.74 Å². The number of benzene rings is 2. The molecule has 1 atom stereocenters. The molecule has 0 aromatic heterocycles. The maximum absolute atomic E-state index is 15.0. The SMILES string of the molecule is CC(=O)NC[C@H]1CN(c2ccc(N3CCN(S(=O)(=O)c4ccccc4)CC3)c(F)c2)C(=O)O1. The van der Waals surface area contributed by atoms with Crippen LogP contribution in [0.25, 0.3) is 0 Å². The van der Waals surface area contributed by atoms with Crippen molar-refractivity contribution in [3.8, 4) is 0 Å². The number of cyclic esters (lactones) is 1. The van der Waals surface area contributed by atoms with Gasteiger partial charge < -0.3 is 15.0 Å². The summed E-state index contributed by atoms with van der Waals surface area (Å²) in [5.74, 6) is -0.735. The third kappa shape index (κ3) is 4.93. The Hall–Kier alpha value is -3.18. The second kappa shape index (κ2) is 9.36. The van der Waals surface area contributed by atoms with Gasteiger partial charge in [-0.25, -0.2) is 17.6 Å². The van der Waals surface area contributed by atoms with Crippen LogP contribution in [0.4, 0.5) is 20.6 Å². The summed E-state index contributed by atoms with van der Waals surface area (Å²) in [6, 6.07) is 12.7. The molecule has 1 N–H and O–H groups in total. The third-order valence-electron chi connectivity index (χ3n) is 5.66. The molecule has 2 aromatic rings. The fraction of sp³-hybridized carbons (Fsp3) is 0.364. The molecule has 2 fully saturated rings. The van der Waals surface area contributed by atoms with E-state index in [9.17, 15) is 22.4 Å². The first kappa shape index (κ1) is 23.0. The number of nitrogens with one attached hydrogen (secondary N) is 1. The molecule has 11 heteroatoms. The zero-order chi connectivity index (χ0) is 23.6. The molecule has 0 spiro atoms. The number of carbonyl (C=O) groups is 2. The molecule has 2 heterocycles. The lowest BCUT2D eigenvalue weighted by Gasteiger charge is -2.35. The van der Waals surface area contributed by atoms with Gasteiger partial charge in [0.2, 0.25) is 15.9 Å². The molecular weight excluding hydrogens is 451 g/mol. The van der Waals surface area contributed by atoms with Crippen LogP contribution < -0.4 is 15.1 Å². The number of ether oxygens (including phenoxy) is 1. The fourth-order valence-corrected chi connectivity index (χ4v) is 5.37. The second-order valence-electron chi connectivity index (χ2n) is 7.89. The lowest BCUT2D eigenvalue weighted by atomic mass is 10.2. The topological polar surface area (TPSA) is 99.3 Å². The summed E-state index contributed by atoms with van der Waals surface area (Å²) < 4.78 is 47.2. The van der Waals surface area contributed by atoms with E-state index in [0.717, 1.165) is 0 Å². The van der Waals surface area contributed by atoms with Crippen molar-refractivity contribution in [1.29, 1.82) is 0 Å². The van der Waals surface area contributed by atoms with E-state index in [1.807, 2.05) is 0 Å². The maximum Gasteiger partial charge on any atom is 0.414 e. The van der Waals surface area contributed by atoms with Gasteiger partial charge in [0.05, 0.1) is 29.4 Å². The average molecular weight is 477 g/mol. The maximum atomic E-state index is 15.0. The molecule has 33 heavy (non-hydrogen) atoms. The van der Waals surface area contributed by atoms with Crippen molar-refractivity contribution in [2.75, 3.05) is 49.1 Å². The first-order valence-electron chi connectivity index (χ1n) is 10.6. The highest BCUT2D eigenvalue weighted by molar-refractivity contribution is 7.89. The summed E-state index contributed by atoms with van der Waals surface area (Å²) in [6.45, 7) is 2.92. The van der Waals surface area contributed by atoms with Crippen LogP contribution in [0.15, 0.2) is 53.4 Å². The molecular formula is C22H25FN4O5S. The van der Waals surface area contributed by atoms with Crippen LogP contribution in [0.3, 0.4) is 0 Å². The highest BCUT2D eigenvalue weighted by Crippen LogP contribution is 2.29. The van der Waals surface area contributed by atoms with Gasteiger partial charge in [-0.1, -0.05) is 18.2 Å². The number of hydrogen-bond acceptors (Lipinski definition) is 6. The van der Waals surface area contributed by atoms with Crippen molar-refractivity contribution in [3.63, 3.8) is 0 Å². The van der Waals surface area contributed by atoms with Crippen molar-refractivity contribution in [2.24, 2.45) is 0 Å². The molecule has 0 saturated carbocycles. The second-order valence-corrected chi connectivity index (χ2v) is 9.83. The zero-order valence-electron chi connectivity index (χ0n) is 18.1. The lowest BCUT2D eigenvalue weighted by molar-refractivity contribution is -0.119. The predicted octanol–water partition coefficient (Wildman–Crippen LogP) is 1.80. The average Bonchev–Trinajstić information content (AvgIpc) is 3.19. The molecule has 0 bridgehead atoms. The van der Waals surface area contributed by atoms with E-state index < -0.39 is 28.0 Å². The summed E-state index contributed by atoms with van der Waals surface area (Å²) >= 11 is 0. The van der Waals surface area contributed by atoms with E-state index in [2.05, 4.69) is 5.32 Å². The Bertz CT molecular complexity index is 1140. The van der Waals surface area contributed by atoms with Gasteiger partial charge in [0.15, 0.2) is 0 Å². The Morgan fingerprint density at radius 2 is 1.82 bits per heavy atom. The summed E-state index contributed by atoms with van der Waals surface area (Å²) in [6.07, 6.45) is -1.11. The molecule has 4 rings (SSSR count). The first-order valence-corrected chi connectivity index (χ1v) is 12.0. The molecule has 176 valence electrons. The molecule has 0 unspecified atom stereocenters. The Morgan fingerprint density at radius 3 is 2.45 bits per heavy atom. The van der Waals surface area contributed by atoms with Crippen LogP contribution in [0.2, 0.25) is 0 Å². The number of rotatable bonds is 6. The van der Waals surface area contributed by atoms with Gasteiger partial charge in [-0.15, -0.1) is 0 Å². The number of hydrogen-bond donors (Lipinski definition) is 1. The summed E-state index contributed by atoms with van der Waals surface area (Å²) in [5.41, 5.74) is 0.703. The van der Waals surface area contributed by atoms with Gasteiger partial charge in [0.1, 0.15) is 11.9 Å². The Labute approximate surface area is 191 Å². The minimum atomic E-state index is -3.59. The van der Waals surface area contributed by atoms with Crippen LogP contribution in [-0.2, 0) is 19.6 Å². The van der Waals surface area contributed by atoms with E-state index in [0.29, 0.717) is 24.5 Å². The Morgan fingerprint density at radius 1 is 1.12 bits per heavy atom. The minimum Gasteiger partial charge on any atom is -0.442 e. The predicted molar refractivity (Wildman–Crippen MR) is 120 cm³/mol. The van der Waals surface area contributed by atoms with Crippen LogP contribution in [0.1, 0.15) is 6.92 Å². The van der Waals surface area contributed by atoms with E-state index in [1.54, 1.807) is 47.4 Å². The largest absolute Gasteiger partial charge is 0.442 e. The molecule has 9 nitrogen and oxygen atoms in total. The number of carbonyl (C=O) groups excluding carboxylic acids is 2. The highest BCUT2D eigenvalue weighted by atomic mass is 32.2. The molecule has 2 amide bonds. The van der Waals surface area contributed by atoms with Crippen molar-refractivity contribution >= 4 is 33.4 Å². The normalized spacial score (nSPS) is 19.5. The van der Waals surface area contributed by atoms with Crippen molar-refractivity contribution in [3.05, 3.63) is 54.3 Å². The number of amides is 2. The molecule has 2 aliphatic rings. The minimum absolute atomic E-state index is 0.189. The monoisotopic (exact) mass is 476 g/mol. The van der Waals surface area contributed by atoms with Crippen LogP contribution in [0.5, 0.6) is 0 Å². The first-order chi connectivity index (χ1) is 15.8. The van der Waals surface area contributed by atoms with Crippen molar-refractivity contribution < 1.29 is 27.1 Å². The molecule has 2 aromatic carbocycles. The number of anilines is 2. The standard InChI is InChI=1S/C22H25FN4O5S/c1-16(28)24-14-18-15-27(22(29)32-18)17-7-8-21(20(23)13-17)25-9-11-26(12-10-25)33(30,31)19-5-3-2-4-6-19/h2-8,13,18H,9-12,14-15H2,1H3,(H,24,28)/t18-/m0/s1. The van der Waals surface area contributed by atoms with Gasteiger partial charge in [-0.2, -0.15) is 4.31 Å².